The van der Waals surface area contributed by atoms with E-state index in [0.29, 0.717) is 17.1 Å². The normalized spacial score (nSPS) is 10.7. The predicted molar refractivity (Wildman–Crippen MR) is 146 cm³/mol. The van der Waals surface area contributed by atoms with E-state index in [9.17, 15) is 4.79 Å². The van der Waals surface area contributed by atoms with Crippen LogP contribution in [0.1, 0.15) is 15.9 Å². The molecule has 0 spiro atoms. The molecule has 7 heteroatoms. The van der Waals surface area contributed by atoms with Gasteiger partial charge in [-0.2, -0.15) is 0 Å². The van der Waals surface area contributed by atoms with Crippen molar-refractivity contribution >= 4 is 39.7 Å². The van der Waals surface area contributed by atoms with Crippen molar-refractivity contribution in [3.63, 3.8) is 0 Å². The molecule has 0 fully saturated rings. The summed E-state index contributed by atoms with van der Waals surface area (Å²) in [7, 11) is 3.96. The summed E-state index contributed by atoms with van der Waals surface area (Å²) in [5.41, 5.74) is 6.94. The second kappa shape index (κ2) is 9.76. The number of aromatic nitrogens is 3. The molecule has 0 bridgehead atoms. The monoisotopic (exact) mass is 474 g/mol. The predicted octanol–water partition coefficient (Wildman–Crippen LogP) is 6.15. The van der Waals surface area contributed by atoms with Gasteiger partial charge in [-0.1, -0.05) is 36.9 Å². The molecule has 0 atom stereocenters. The van der Waals surface area contributed by atoms with Crippen molar-refractivity contribution in [3.8, 4) is 11.1 Å². The number of nitrogens with one attached hydrogen (secondary N) is 3. The zero-order chi connectivity index (χ0) is 25.1. The lowest BCUT2D eigenvalue weighted by Gasteiger charge is -2.16. The Hall–Kier alpha value is -4.91. The molecule has 0 saturated heterocycles. The Labute approximate surface area is 209 Å². The molecule has 0 saturated carbocycles. The summed E-state index contributed by atoms with van der Waals surface area (Å²) in [4.78, 5) is 26.6. The number of hydrogen-bond acceptors (Lipinski definition) is 5. The van der Waals surface area contributed by atoms with Crippen LogP contribution in [0, 0.1) is 0 Å². The summed E-state index contributed by atoms with van der Waals surface area (Å²) in [6.07, 6.45) is 6.98. The van der Waals surface area contributed by atoms with Gasteiger partial charge in [-0.25, -0.2) is 4.98 Å². The lowest BCUT2D eigenvalue weighted by molar-refractivity contribution is 0.102. The first-order valence-corrected chi connectivity index (χ1v) is 11.5. The molecule has 0 unspecified atom stereocenters. The lowest BCUT2D eigenvalue weighted by atomic mass is 10.0. The molecule has 36 heavy (non-hydrogen) atoms. The van der Waals surface area contributed by atoms with E-state index in [0.717, 1.165) is 39.0 Å². The molecule has 0 aliphatic heterocycles. The van der Waals surface area contributed by atoms with E-state index >= 15 is 0 Å². The number of pyridine rings is 2. The molecule has 2 aromatic carbocycles. The first-order valence-electron chi connectivity index (χ1n) is 11.5. The SMILES string of the molecule is C=C(c1ccc(-c2ccc(Nc3cncc(NC(=O)c4ccc5cc[nH]c5c4)c3)nc2)cc1)N(C)C. The highest BCUT2D eigenvalue weighted by atomic mass is 16.1. The Morgan fingerprint density at radius 2 is 1.61 bits per heavy atom. The maximum Gasteiger partial charge on any atom is 0.255 e. The number of hydrogen-bond donors (Lipinski definition) is 3. The standard InChI is InChI=1S/C29H26N6O/c1-19(35(2)3)20-4-6-21(7-5-20)24-10-11-28(32-16-24)33-25-15-26(18-30-17-25)34-29(36)23-9-8-22-12-13-31-27(22)14-23/h4-18,31H,1H2,2-3H3,(H,32,33)(H,34,36). The van der Waals surface area contributed by atoms with E-state index in [1.54, 1.807) is 18.5 Å². The fourth-order valence-corrected chi connectivity index (χ4v) is 3.87. The highest BCUT2D eigenvalue weighted by molar-refractivity contribution is 6.06. The molecular weight excluding hydrogens is 448 g/mol. The molecule has 5 rings (SSSR count). The number of anilines is 3. The number of fused-ring (bicyclic) bond motifs is 1. The van der Waals surface area contributed by atoms with Crippen molar-refractivity contribution in [2.24, 2.45) is 0 Å². The topological polar surface area (TPSA) is 85.9 Å². The smallest absolute Gasteiger partial charge is 0.255 e. The lowest BCUT2D eigenvalue weighted by Crippen LogP contribution is -2.12. The van der Waals surface area contributed by atoms with E-state index in [4.69, 9.17) is 0 Å². The molecular formula is C29H26N6O. The average Bonchev–Trinajstić information content (AvgIpc) is 3.37. The molecule has 0 aliphatic carbocycles. The fraction of sp³-hybridized carbons (Fsp3) is 0.0690. The van der Waals surface area contributed by atoms with E-state index in [2.05, 4.69) is 56.4 Å². The number of carbonyl (C=O) groups is 1. The number of amides is 1. The zero-order valence-electron chi connectivity index (χ0n) is 20.1. The first-order chi connectivity index (χ1) is 17.5. The maximum atomic E-state index is 12.7. The minimum Gasteiger partial charge on any atom is -0.378 e. The number of H-pyrrole nitrogens is 1. The summed E-state index contributed by atoms with van der Waals surface area (Å²) in [6.45, 7) is 4.10. The summed E-state index contributed by atoms with van der Waals surface area (Å²) in [5, 5.41) is 7.21. The van der Waals surface area contributed by atoms with Crippen molar-refractivity contribution in [1.82, 2.24) is 19.9 Å². The van der Waals surface area contributed by atoms with E-state index < -0.39 is 0 Å². The molecule has 3 heterocycles. The van der Waals surface area contributed by atoms with Crippen molar-refractivity contribution in [3.05, 3.63) is 109 Å². The minimum absolute atomic E-state index is 0.201. The van der Waals surface area contributed by atoms with Crippen molar-refractivity contribution < 1.29 is 4.79 Å². The van der Waals surface area contributed by atoms with Gasteiger partial charge in [0, 0.05) is 48.8 Å². The van der Waals surface area contributed by atoms with Crippen LogP contribution in [0.25, 0.3) is 27.7 Å². The van der Waals surface area contributed by atoms with E-state index in [-0.39, 0.29) is 5.91 Å². The van der Waals surface area contributed by atoms with Crippen LogP contribution in [0.3, 0.4) is 0 Å². The molecule has 0 radical (unpaired) electrons. The van der Waals surface area contributed by atoms with Gasteiger partial charge in [-0.15, -0.1) is 0 Å². The summed E-state index contributed by atoms with van der Waals surface area (Å²) in [5.74, 6) is 0.479. The van der Waals surface area contributed by atoms with Gasteiger partial charge in [0.25, 0.3) is 5.91 Å². The van der Waals surface area contributed by atoms with Crippen molar-refractivity contribution in [2.45, 2.75) is 0 Å². The van der Waals surface area contributed by atoms with Gasteiger partial charge < -0.3 is 20.5 Å². The van der Waals surface area contributed by atoms with Crippen LogP contribution in [-0.4, -0.2) is 39.9 Å². The number of nitrogens with zero attached hydrogens (tertiary/aromatic N) is 3. The van der Waals surface area contributed by atoms with Crippen LogP contribution in [-0.2, 0) is 0 Å². The summed E-state index contributed by atoms with van der Waals surface area (Å²) < 4.78 is 0. The maximum absolute atomic E-state index is 12.7. The molecule has 178 valence electrons. The second-order valence-corrected chi connectivity index (χ2v) is 8.67. The van der Waals surface area contributed by atoms with Gasteiger partial charge in [0.1, 0.15) is 5.82 Å². The Bertz CT molecular complexity index is 1530. The third-order valence-corrected chi connectivity index (χ3v) is 5.94. The number of aromatic amines is 1. The largest absolute Gasteiger partial charge is 0.378 e. The van der Waals surface area contributed by atoms with Crippen LogP contribution in [0.15, 0.2) is 98.1 Å². The fourth-order valence-electron chi connectivity index (χ4n) is 3.87. The average molecular weight is 475 g/mol. The van der Waals surface area contributed by atoms with Gasteiger partial charge in [-0.3, -0.25) is 9.78 Å². The Balaban J connectivity index is 1.25. The van der Waals surface area contributed by atoms with Gasteiger partial charge in [0.15, 0.2) is 0 Å². The van der Waals surface area contributed by atoms with Crippen LogP contribution in [0.5, 0.6) is 0 Å². The number of rotatable bonds is 7. The van der Waals surface area contributed by atoms with Gasteiger partial charge in [0.05, 0.1) is 23.8 Å². The molecule has 3 N–H and O–H groups in total. The van der Waals surface area contributed by atoms with Crippen LogP contribution < -0.4 is 10.6 Å². The zero-order valence-corrected chi connectivity index (χ0v) is 20.1. The third-order valence-electron chi connectivity index (χ3n) is 5.94. The summed E-state index contributed by atoms with van der Waals surface area (Å²) >= 11 is 0. The summed E-state index contributed by atoms with van der Waals surface area (Å²) in [6, 6.07) is 21.5. The van der Waals surface area contributed by atoms with Gasteiger partial charge in [0.2, 0.25) is 0 Å². The van der Waals surface area contributed by atoms with E-state index in [1.807, 2.05) is 67.8 Å². The molecule has 5 aromatic rings. The van der Waals surface area contributed by atoms with Crippen LogP contribution in [0.4, 0.5) is 17.2 Å². The highest BCUT2D eigenvalue weighted by Crippen LogP contribution is 2.24. The van der Waals surface area contributed by atoms with Gasteiger partial charge in [-0.05, 0) is 52.9 Å². The molecule has 7 nitrogen and oxygen atoms in total. The van der Waals surface area contributed by atoms with E-state index in [1.165, 1.54) is 0 Å². The third kappa shape index (κ3) is 4.95. The van der Waals surface area contributed by atoms with Crippen molar-refractivity contribution in [2.75, 3.05) is 24.7 Å². The molecule has 0 aliphatic rings. The van der Waals surface area contributed by atoms with Crippen LogP contribution >= 0.6 is 0 Å². The van der Waals surface area contributed by atoms with Crippen LogP contribution in [0.2, 0.25) is 0 Å². The van der Waals surface area contributed by atoms with Crippen molar-refractivity contribution in [1.29, 1.82) is 0 Å². The molecule has 3 aromatic heterocycles. The minimum atomic E-state index is -0.201. The first kappa shape index (κ1) is 22.9. The number of carbonyl (C=O) groups excluding carboxylic acids is 1. The number of benzene rings is 2. The molecule has 1 amide bonds. The Kier molecular flexibility index (Phi) is 6.19. The Morgan fingerprint density at radius 3 is 2.36 bits per heavy atom. The quantitative estimate of drug-likeness (QED) is 0.263. The highest BCUT2D eigenvalue weighted by Gasteiger charge is 2.09. The second-order valence-electron chi connectivity index (χ2n) is 8.67. The van der Waals surface area contributed by atoms with Gasteiger partial charge >= 0.3 is 0 Å². The Morgan fingerprint density at radius 1 is 0.861 bits per heavy atom.